The zero-order valence-corrected chi connectivity index (χ0v) is 86.2. The molecule has 0 unspecified atom stereocenters. The molecule has 24 rings (SSSR count). The van der Waals surface area contributed by atoms with E-state index in [9.17, 15) is 0 Å². The lowest BCUT2D eigenvalue weighted by molar-refractivity contribution is -0.660. The van der Waals surface area contributed by atoms with Gasteiger partial charge in [0.15, 0.2) is 70.7 Å². The van der Waals surface area contributed by atoms with Crippen LogP contribution in [0.1, 0.15) is 137 Å². The fourth-order valence-electron chi connectivity index (χ4n) is 19.6. The molecule has 0 fully saturated rings. The number of pyridine rings is 12. The second-order valence-corrected chi connectivity index (χ2v) is 40.9. The Hall–Kier alpha value is -16.1. The lowest BCUT2D eigenvalue weighted by atomic mass is 9.90. The predicted octanol–water partition coefficient (Wildman–Crippen LogP) is 28.2. The minimum Gasteiger partial charge on any atom is -0.437 e. The van der Waals surface area contributed by atoms with Gasteiger partial charge in [0.25, 0.3) is 0 Å². The van der Waals surface area contributed by atoms with Crippen LogP contribution in [0, 0.1) is 59.8 Å². The second kappa shape index (κ2) is 39.2. The van der Waals surface area contributed by atoms with E-state index in [1.165, 1.54) is 33.4 Å². The normalized spacial score (nSPS) is 11.8. The summed E-state index contributed by atoms with van der Waals surface area (Å²) in [5.74, 6) is 0.964. The first-order valence-corrected chi connectivity index (χ1v) is 49.3. The van der Waals surface area contributed by atoms with Crippen LogP contribution in [-0.4, -0.2) is 29.9 Å². The first-order valence-electron chi connectivity index (χ1n) is 49.3. The maximum Gasteiger partial charge on any atom is 0.227 e. The summed E-state index contributed by atoms with van der Waals surface area (Å²) in [4.78, 5) is 28.0. The van der Waals surface area contributed by atoms with Crippen LogP contribution in [0.2, 0.25) is 0 Å². The highest BCUT2D eigenvalue weighted by Crippen LogP contribution is 2.45. The van der Waals surface area contributed by atoms with Crippen molar-refractivity contribution in [2.45, 2.75) is 142 Å². The molecule has 0 N–H and O–H groups in total. The third-order valence-electron chi connectivity index (χ3n) is 27.0. The Bertz CT molecular complexity index is 9020. The zero-order chi connectivity index (χ0) is 100. The molecule has 714 valence electrons. The minimum atomic E-state index is -0.00220. The molecular formula is C125H124N12O6+6. The van der Waals surface area contributed by atoms with Crippen LogP contribution >= 0.6 is 0 Å². The Morgan fingerprint density at radius 3 is 0.846 bits per heavy atom. The molecule has 18 heteroatoms. The first kappa shape index (κ1) is 95.8. The van der Waals surface area contributed by atoms with E-state index in [1.54, 1.807) is 6.20 Å². The number of benzene rings is 6. The van der Waals surface area contributed by atoms with Gasteiger partial charge in [0.1, 0.15) is 42.3 Å². The first-order chi connectivity index (χ1) is 68.7. The maximum absolute atomic E-state index is 6.30. The fraction of sp³-hybridized carbons (Fsp3) is 0.232. The Morgan fingerprint density at radius 1 is 0.259 bits per heavy atom. The van der Waals surface area contributed by atoms with Crippen molar-refractivity contribution in [2.24, 2.45) is 53.6 Å². The van der Waals surface area contributed by atoms with Gasteiger partial charge in [-0.25, -0.2) is 57.3 Å². The number of aryl methyl sites for hydroxylation is 13. The summed E-state index contributed by atoms with van der Waals surface area (Å²) in [7, 11) is 12.4. The molecule has 0 bridgehead atoms. The van der Waals surface area contributed by atoms with Crippen molar-refractivity contribution in [1.29, 1.82) is 0 Å². The van der Waals surface area contributed by atoms with E-state index in [2.05, 4.69) is 434 Å². The molecule has 0 amide bonds. The van der Waals surface area contributed by atoms with Crippen molar-refractivity contribution >= 4 is 132 Å². The van der Waals surface area contributed by atoms with E-state index < -0.39 is 0 Å². The van der Waals surface area contributed by atoms with Crippen LogP contribution < -0.4 is 27.4 Å². The van der Waals surface area contributed by atoms with E-state index in [0.29, 0.717) is 29.0 Å². The third-order valence-corrected chi connectivity index (χ3v) is 27.0. The van der Waals surface area contributed by atoms with Gasteiger partial charge in [0.05, 0.1) is 33.4 Å². The van der Waals surface area contributed by atoms with Gasteiger partial charge in [-0.05, 0) is 221 Å². The standard InChI is InChI=1S/C23H25N2O.2C22H23N2O.C21H21N2O.C19H17N2O.C18H15N2O/c1-15-9-11-17-18-12-10-16(14-23(2,3)4)24-22(18)26-21(17)20(15)19-8-6-7-13-25(19)5;1-14-9-10-15-16-11-12-18(22(2,3)4)23-21(16)25-20(15)19(14)17-8-6-7-13-24(17)5;1-14(2)13-16-9-11-18-17-10-8-15(3)20(21(17)25-22(18)23-16)19-7-5-6-12-24(19)4;1-13(2)17-11-10-16-15-9-8-14(3)19(20(15)24-21(16)22-17)18-7-5-6-12-23(18)4;1-12-7-9-14-15-10-8-13(2)20-19(15)22-18(14)17(12)16-6-4-5-11-21(16)3;1-12-8-9-13-14-6-5-10-19-18(14)21-17(13)16(12)15-7-3-4-11-20(15)2/h6-13H,14H2,1-5H3;6-13H,1-5H3;5-12,14H,13H2,1-4H3;5-13H,1-4H3;4-11H,1-3H3;3-11H,1-2H3/q6*+1. The minimum absolute atomic E-state index is 0.00220. The van der Waals surface area contributed by atoms with E-state index in [0.717, 1.165) is 224 Å². The molecule has 6 aromatic carbocycles. The number of furan rings is 6. The lowest BCUT2D eigenvalue weighted by Crippen LogP contribution is -2.30. The number of fused-ring (bicyclic) bond motifs is 18. The van der Waals surface area contributed by atoms with Crippen molar-refractivity contribution < 1.29 is 53.9 Å². The molecule has 0 radical (unpaired) electrons. The zero-order valence-electron chi connectivity index (χ0n) is 86.2. The topological polar surface area (TPSA) is 179 Å². The summed E-state index contributed by atoms with van der Waals surface area (Å²) >= 11 is 0. The van der Waals surface area contributed by atoms with Gasteiger partial charge in [0.2, 0.25) is 68.4 Å². The molecule has 0 aliphatic rings. The quantitative estimate of drug-likeness (QED) is 0.118. The highest BCUT2D eigenvalue weighted by molar-refractivity contribution is 6.14. The Kier molecular flexibility index (Phi) is 26.3. The number of aromatic nitrogens is 12. The summed E-state index contributed by atoms with van der Waals surface area (Å²) in [6.07, 6.45) is 16.0. The summed E-state index contributed by atoms with van der Waals surface area (Å²) in [5.41, 5.74) is 36.1. The Balaban J connectivity index is 0.000000109. The molecule has 143 heavy (non-hydrogen) atoms. The fourth-order valence-corrected chi connectivity index (χ4v) is 19.6. The second-order valence-electron chi connectivity index (χ2n) is 40.9. The molecule has 18 nitrogen and oxygen atoms in total. The number of hydrogen-bond donors (Lipinski definition) is 0. The molecule has 0 spiro atoms. The van der Waals surface area contributed by atoms with Crippen molar-refractivity contribution in [3.63, 3.8) is 0 Å². The molecule has 0 atom stereocenters. The maximum atomic E-state index is 6.30. The Morgan fingerprint density at radius 2 is 0.531 bits per heavy atom. The van der Waals surface area contributed by atoms with Crippen molar-refractivity contribution in [1.82, 2.24) is 29.9 Å². The van der Waals surface area contributed by atoms with Crippen LogP contribution in [0.4, 0.5) is 0 Å². The summed E-state index contributed by atoms with van der Waals surface area (Å²) in [5, 5.41) is 13.2. The molecule has 24 aromatic rings. The average molecular weight is 1890 g/mol. The Labute approximate surface area is 834 Å². The monoisotopic (exact) mass is 1890 g/mol. The van der Waals surface area contributed by atoms with Gasteiger partial charge < -0.3 is 26.5 Å². The van der Waals surface area contributed by atoms with E-state index in [1.807, 2.05) is 55.5 Å². The molecule has 0 saturated carbocycles. The molecule has 18 aromatic heterocycles. The van der Waals surface area contributed by atoms with Crippen LogP contribution in [0.15, 0.2) is 325 Å². The number of hydrogen-bond acceptors (Lipinski definition) is 12. The molecule has 0 aliphatic heterocycles. The largest absolute Gasteiger partial charge is 0.437 e. The predicted molar refractivity (Wildman–Crippen MR) is 576 cm³/mol. The van der Waals surface area contributed by atoms with Crippen LogP contribution in [-0.2, 0) is 60.5 Å². The van der Waals surface area contributed by atoms with E-state index >= 15 is 0 Å². The van der Waals surface area contributed by atoms with Gasteiger partial charge in [-0.3, -0.25) is 0 Å². The third kappa shape index (κ3) is 19.0. The van der Waals surface area contributed by atoms with Crippen molar-refractivity contribution in [2.75, 3.05) is 0 Å². The van der Waals surface area contributed by atoms with Crippen LogP contribution in [0.5, 0.6) is 0 Å². The summed E-state index contributed by atoms with van der Waals surface area (Å²) in [6, 6.07) is 88.2. The molecule has 0 saturated heterocycles. The van der Waals surface area contributed by atoms with E-state index in [4.69, 9.17) is 46.4 Å². The van der Waals surface area contributed by atoms with Gasteiger partial charge in [0, 0.05) is 178 Å². The highest BCUT2D eigenvalue weighted by Gasteiger charge is 2.30. The summed E-state index contributed by atoms with van der Waals surface area (Å²) < 4.78 is 50.0. The van der Waals surface area contributed by atoms with Crippen LogP contribution in [0.3, 0.4) is 0 Å². The smallest absolute Gasteiger partial charge is 0.227 e. The van der Waals surface area contributed by atoms with Crippen LogP contribution in [0.25, 0.3) is 200 Å². The molecule has 18 heterocycles. The lowest BCUT2D eigenvalue weighted by Gasteiger charge is -2.16. The van der Waals surface area contributed by atoms with Crippen molar-refractivity contribution in [3.05, 3.63) is 360 Å². The average Bonchev–Trinajstić information content (AvgIpc) is 1.60. The molecular weight excluding hydrogens is 1770 g/mol. The number of nitrogens with zero attached hydrogens (tertiary/aromatic N) is 12. The van der Waals surface area contributed by atoms with Gasteiger partial charge in [-0.15, -0.1) is 0 Å². The highest BCUT2D eigenvalue weighted by atomic mass is 16.4. The van der Waals surface area contributed by atoms with Gasteiger partial charge >= 0.3 is 0 Å². The van der Waals surface area contributed by atoms with Gasteiger partial charge in [-0.2, -0.15) is 0 Å². The van der Waals surface area contributed by atoms with Crippen molar-refractivity contribution in [3.8, 4) is 67.5 Å². The van der Waals surface area contributed by atoms with E-state index in [-0.39, 0.29) is 10.8 Å². The number of rotatable bonds is 10. The summed E-state index contributed by atoms with van der Waals surface area (Å²) in [6.45, 7) is 36.7. The SMILES string of the molecule is Cc1ccc2c(n1)oc1c(-c3cccc[n+]3C)c(C)ccc12.Cc1ccc2c(oc3nc(C(C)(C)C)ccc32)c1-c1cccc[n+]1C.Cc1ccc2c(oc3nc(C(C)C)ccc32)c1-c1cccc[n+]1C.Cc1ccc2c(oc3nc(CC(C)(C)C)ccc32)c1-c1cccc[n+]1C.Cc1ccc2c(oc3nc(CC(C)C)ccc32)c1-c1cccc[n+]1C.Cc1ccc2c(oc3ncccc32)c1-c1cccc[n+]1C. The molecule has 0 aliphatic carbocycles. The van der Waals surface area contributed by atoms with Gasteiger partial charge in [-0.1, -0.05) is 142 Å².